The molecule has 1 saturated carbocycles. The molecular weight excluding hydrogens is 312 g/mol. The summed E-state index contributed by atoms with van der Waals surface area (Å²) >= 11 is 0. The van der Waals surface area contributed by atoms with E-state index in [4.69, 9.17) is 4.74 Å². The fourth-order valence-corrected chi connectivity index (χ4v) is 3.94. The summed E-state index contributed by atoms with van der Waals surface area (Å²) in [6.07, 6.45) is 6.12. The Kier molecular flexibility index (Phi) is 6.31. The SMILES string of the molecule is COc1ccccc1CN(C)C(=O)C1CC2CCCCC2N1.Cl. The van der Waals surface area contributed by atoms with Crippen molar-refractivity contribution in [2.75, 3.05) is 14.2 Å². The number of halogens is 1. The van der Waals surface area contributed by atoms with E-state index < -0.39 is 0 Å². The standard InChI is InChI=1S/C18H26N2O2.ClH/c1-20(12-14-8-4-6-10-17(14)22-2)18(21)16-11-13-7-3-5-9-15(13)19-16;/h4,6,8,10,13,15-16,19H,3,5,7,9,11-12H2,1-2H3;1H. The van der Waals surface area contributed by atoms with Crippen molar-refractivity contribution in [3.63, 3.8) is 0 Å². The van der Waals surface area contributed by atoms with Gasteiger partial charge in [-0.1, -0.05) is 31.0 Å². The van der Waals surface area contributed by atoms with Gasteiger partial charge in [-0.15, -0.1) is 12.4 Å². The Morgan fingerprint density at radius 2 is 2.04 bits per heavy atom. The van der Waals surface area contributed by atoms with Crippen LogP contribution in [-0.4, -0.2) is 37.0 Å². The number of hydrogen-bond donors (Lipinski definition) is 1. The second-order valence-electron chi connectivity index (χ2n) is 6.61. The van der Waals surface area contributed by atoms with Crippen molar-refractivity contribution >= 4 is 18.3 Å². The van der Waals surface area contributed by atoms with E-state index in [2.05, 4.69) is 5.32 Å². The molecule has 0 bridgehead atoms. The van der Waals surface area contributed by atoms with Crippen molar-refractivity contribution in [3.8, 4) is 5.75 Å². The van der Waals surface area contributed by atoms with Crippen molar-refractivity contribution in [1.82, 2.24) is 10.2 Å². The van der Waals surface area contributed by atoms with Gasteiger partial charge in [0.25, 0.3) is 0 Å². The number of amides is 1. The van der Waals surface area contributed by atoms with Crippen LogP contribution in [0.1, 0.15) is 37.7 Å². The monoisotopic (exact) mass is 338 g/mol. The molecule has 1 aromatic carbocycles. The van der Waals surface area contributed by atoms with E-state index in [-0.39, 0.29) is 24.4 Å². The van der Waals surface area contributed by atoms with Crippen molar-refractivity contribution < 1.29 is 9.53 Å². The maximum absolute atomic E-state index is 12.7. The van der Waals surface area contributed by atoms with Gasteiger partial charge in [0.05, 0.1) is 13.2 Å². The summed E-state index contributed by atoms with van der Waals surface area (Å²) in [4.78, 5) is 14.5. The Morgan fingerprint density at radius 1 is 1.30 bits per heavy atom. The maximum Gasteiger partial charge on any atom is 0.239 e. The zero-order chi connectivity index (χ0) is 15.5. The van der Waals surface area contributed by atoms with Crippen LogP contribution in [-0.2, 0) is 11.3 Å². The van der Waals surface area contributed by atoms with Crippen LogP contribution in [0.4, 0.5) is 0 Å². The number of carbonyl (C=O) groups is 1. The lowest BCUT2D eigenvalue weighted by molar-refractivity contribution is -0.132. The van der Waals surface area contributed by atoms with E-state index in [0.717, 1.165) is 17.7 Å². The molecule has 2 aliphatic rings. The number of carbonyl (C=O) groups excluding carboxylic acids is 1. The first kappa shape index (κ1) is 18.1. The molecule has 128 valence electrons. The van der Waals surface area contributed by atoms with Crippen molar-refractivity contribution in [1.29, 1.82) is 0 Å². The van der Waals surface area contributed by atoms with Crippen LogP contribution in [0.3, 0.4) is 0 Å². The Balaban J connectivity index is 0.00000192. The van der Waals surface area contributed by atoms with E-state index in [1.54, 1.807) is 7.11 Å². The minimum atomic E-state index is -0.00666. The fourth-order valence-electron chi connectivity index (χ4n) is 3.94. The Morgan fingerprint density at radius 3 is 2.78 bits per heavy atom. The summed E-state index contributed by atoms with van der Waals surface area (Å²) in [6, 6.07) is 8.45. The minimum absolute atomic E-state index is 0. The van der Waals surface area contributed by atoms with E-state index in [0.29, 0.717) is 18.5 Å². The number of para-hydroxylation sites is 1. The molecule has 23 heavy (non-hydrogen) atoms. The number of fused-ring (bicyclic) bond motifs is 1. The summed E-state index contributed by atoms with van der Waals surface area (Å²) in [5.74, 6) is 1.75. The van der Waals surface area contributed by atoms with E-state index in [1.807, 2.05) is 36.2 Å². The van der Waals surface area contributed by atoms with Gasteiger partial charge in [0.1, 0.15) is 5.75 Å². The normalized spacial score (nSPS) is 26.1. The molecule has 1 heterocycles. The predicted octanol–water partition coefficient (Wildman–Crippen LogP) is 3.00. The van der Waals surface area contributed by atoms with Crippen molar-refractivity contribution in [2.45, 2.75) is 50.7 Å². The first-order chi connectivity index (χ1) is 10.7. The van der Waals surface area contributed by atoms with Crippen LogP contribution in [0.5, 0.6) is 5.75 Å². The lowest BCUT2D eigenvalue weighted by Gasteiger charge is -2.24. The van der Waals surface area contributed by atoms with Gasteiger partial charge in [-0.25, -0.2) is 0 Å². The molecule has 5 heteroatoms. The molecule has 0 spiro atoms. The maximum atomic E-state index is 12.7. The number of nitrogens with zero attached hydrogens (tertiary/aromatic N) is 1. The van der Waals surface area contributed by atoms with Gasteiger partial charge in [-0.3, -0.25) is 4.79 Å². The molecule has 2 fully saturated rings. The predicted molar refractivity (Wildman–Crippen MR) is 94.0 cm³/mol. The minimum Gasteiger partial charge on any atom is -0.496 e. The largest absolute Gasteiger partial charge is 0.496 e. The number of likely N-dealkylation sites (N-methyl/N-ethyl adjacent to an activating group) is 1. The second-order valence-corrected chi connectivity index (χ2v) is 6.61. The molecule has 1 saturated heterocycles. The number of rotatable bonds is 4. The van der Waals surface area contributed by atoms with E-state index in [9.17, 15) is 4.79 Å². The molecule has 3 unspecified atom stereocenters. The molecule has 1 aliphatic heterocycles. The van der Waals surface area contributed by atoms with E-state index in [1.165, 1.54) is 25.7 Å². The molecule has 0 radical (unpaired) electrons. The van der Waals surface area contributed by atoms with Crippen LogP contribution >= 0.6 is 12.4 Å². The number of nitrogens with one attached hydrogen (secondary N) is 1. The highest BCUT2D eigenvalue weighted by Crippen LogP contribution is 2.33. The molecular formula is C18H27ClN2O2. The Bertz CT molecular complexity index is 524. The number of methoxy groups -OCH3 is 1. The second kappa shape index (κ2) is 8.02. The summed E-state index contributed by atoms with van der Waals surface area (Å²) in [7, 11) is 3.56. The summed E-state index contributed by atoms with van der Waals surface area (Å²) in [6.45, 7) is 0.594. The third-order valence-electron chi connectivity index (χ3n) is 5.14. The molecule has 3 atom stereocenters. The van der Waals surface area contributed by atoms with Gasteiger partial charge in [-0.2, -0.15) is 0 Å². The zero-order valence-corrected chi connectivity index (χ0v) is 14.8. The van der Waals surface area contributed by atoms with Gasteiger partial charge in [-0.05, 0) is 31.2 Å². The molecule has 1 amide bonds. The fraction of sp³-hybridized carbons (Fsp3) is 0.611. The highest BCUT2D eigenvalue weighted by molar-refractivity contribution is 5.85. The highest BCUT2D eigenvalue weighted by atomic mass is 35.5. The van der Waals surface area contributed by atoms with Crippen LogP contribution in [0.15, 0.2) is 24.3 Å². The first-order valence-corrected chi connectivity index (χ1v) is 8.32. The number of benzene rings is 1. The van der Waals surface area contributed by atoms with Crippen molar-refractivity contribution in [2.24, 2.45) is 5.92 Å². The third kappa shape index (κ3) is 3.99. The summed E-state index contributed by atoms with van der Waals surface area (Å²) < 4.78 is 5.38. The quantitative estimate of drug-likeness (QED) is 0.917. The Hall–Kier alpha value is -1.26. The van der Waals surface area contributed by atoms with Gasteiger partial charge >= 0.3 is 0 Å². The van der Waals surface area contributed by atoms with E-state index >= 15 is 0 Å². The molecule has 1 aliphatic carbocycles. The number of hydrogen-bond acceptors (Lipinski definition) is 3. The molecule has 1 N–H and O–H groups in total. The summed E-state index contributed by atoms with van der Waals surface area (Å²) in [5.41, 5.74) is 1.05. The van der Waals surface area contributed by atoms with Crippen molar-refractivity contribution in [3.05, 3.63) is 29.8 Å². The van der Waals surface area contributed by atoms with Crippen LogP contribution < -0.4 is 10.1 Å². The van der Waals surface area contributed by atoms with Gasteiger partial charge < -0.3 is 15.0 Å². The Labute approximate surface area is 145 Å². The van der Waals surface area contributed by atoms with Gasteiger partial charge in [0.15, 0.2) is 0 Å². The smallest absolute Gasteiger partial charge is 0.239 e. The molecule has 0 aromatic heterocycles. The molecule has 3 rings (SSSR count). The van der Waals surface area contributed by atoms with Crippen LogP contribution in [0, 0.1) is 5.92 Å². The van der Waals surface area contributed by atoms with Crippen LogP contribution in [0.2, 0.25) is 0 Å². The molecule has 1 aromatic rings. The lowest BCUT2D eigenvalue weighted by atomic mass is 9.85. The zero-order valence-electron chi connectivity index (χ0n) is 14.0. The highest BCUT2D eigenvalue weighted by Gasteiger charge is 2.39. The topological polar surface area (TPSA) is 41.6 Å². The van der Waals surface area contributed by atoms with Gasteiger partial charge in [0.2, 0.25) is 5.91 Å². The first-order valence-electron chi connectivity index (χ1n) is 8.32. The van der Waals surface area contributed by atoms with Gasteiger partial charge in [0, 0.05) is 25.2 Å². The molecule has 4 nitrogen and oxygen atoms in total. The number of ether oxygens (including phenoxy) is 1. The summed E-state index contributed by atoms with van der Waals surface area (Å²) in [5, 5.41) is 3.57. The lowest BCUT2D eigenvalue weighted by Crippen LogP contribution is -2.43. The van der Waals surface area contributed by atoms with Crippen LogP contribution in [0.25, 0.3) is 0 Å². The average Bonchev–Trinajstić information content (AvgIpc) is 2.98. The average molecular weight is 339 g/mol. The third-order valence-corrected chi connectivity index (χ3v) is 5.14.